The van der Waals surface area contributed by atoms with Crippen molar-refractivity contribution in [1.82, 2.24) is 5.32 Å². The highest BCUT2D eigenvalue weighted by molar-refractivity contribution is 6.07. The second-order valence-electron chi connectivity index (χ2n) is 10.6. The van der Waals surface area contributed by atoms with E-state index in [2.05, 4.69) is 10.3 Å². The Morgan fingerprint density at radius 2 is 1.55 bits per heavy atom. The van der Waals surface area contributed by atoms with Gasteiger partial charge in [0.15, 0.2) is 6.40 Å². The van der Waals surface area contributed by atoms with Crippen molar-refractivity contribution in [3.05, 3.63) is 108 Å². The maximum Gasteiger partial charge on any atom is 0.338 e. The van der Waals surface area contributed by atoms with Crippen LogP contribution in [0, 0.1) is 5.92 Å². The largest absolute Gasteiger partial charge is 0.464 e. The number of ether oxygens (including phenoxy) is 4. The van der Waals surface area contributed by atoms with Crippen molar-refractivity contribution in [2.45, 2.75) is 37.1 Å². The molecule has 3 aliphatic rings. The standard InChI is InChI=1S/C34H30N2O6/c1-3-39-31(37)33(32(38)40-4-2)28(22-13-6-5-7-14-22)29-30(36-33)27-23-15-9-8-12-21(23)18-19-26(27)42-34(29)24-16-10-11-17-25(24)35-20-41-34/h5-20,28-30,36H,3-4H2,1-2H3/t28-,29-,30-,34+/m1/s1. The molecule has 7 rings (SSSR count). The van der Waals surface area contributed by atoms with Gasteiger partial charge in [-0.1, -0.05) is 72.8 Å². The van der Waals surface area contributed by atoms with Gasteiger partial charge in [-0.15, -0.1) is 0 Å². The fourth-order valence-electron chi connectivity index (χ4n) is 7.00. The summed E-state index contributed by atoms with van der Waals surface area (Å²) < 4.78 is 24.8. The number of carbonyl (C=O) groups is 2. The van der Waals surface area contributed by atoms with Crippen LogP contribution in [-0.2, 0) is 29.6 Å². The number of aliphatic imine (C=N–C) groups is 1. The minimum Gasteiger partial charge on any atom is -0.464 e. The predicted molar refractivity (Wildman–Crippen MR) is 156 cm³/mol. The van der Waals surface area contributed by atoms with Gasteiger partial charge in [0, 0.05) is 17.5 Å². The van der Waals surface area contributed by atoms with E-state index in [0.29, 0.717) is 17.0 Å². The molecule has 0 aromatic heterocycles. The van der Waals surface area contributed by atoms with E-state index >= 15 is 0 Å². The fraction of sp³-hybridized carbons (Fsp3) is 0.265. The molecule has 0 aliphatic carbocycles. The lowest BCUT2D eigenvalue weighted by Gasteiger charge is -2.48. The van der Waals surface area contributed by atoms with Gasteiger partial charge in [0.05, 0.1) is 30.4 Å². The molecule has 8 nitrogen and oxygen atoms in total. The number of esters is 2. The van der Waals surface area contributed by atoms with Crippen molar-refractivity contribution in [3.63, 3.8) is 0 Å². The van der Waals surface area contributed by atoms with E-state index in [1.165, 1.54) is 6.40 Å². The maximum absolute atomic E-state index is 14.2. The molecule has 4 aromatic carbocycles. The average molecular weight is 563 g/mol. The summed E-state index contributed by atoms with van der Waals surface area (Å²) in [5, 5.41) is 5.47. The van der Waals surface area contributed by atoms with Crippen molar-refractivity contribution in [1.29, 1.82) is 0 Å². The molecule has 4 aromatic rings. The van der Waals surface area contributed by atoms with Gasteiger partial charge in [-0.05, 0) is 48.4 Å². The van der Waals surface area contributed by atoms with Gasteiger partial charge in [0.2, 0.25) is 5.54 Å². The average Bonchev–Trinajstić information content (AvgIpc) is 3.40. The Morgan fingerprint density at radius 3 is 2.31 bits per heavy atom. The highest BCUT2D eigenvalue weighted by atomic mass is 16.7. The summed E-state index contributed by atoms with van der Waals surface area (Å²) in [6, 6.07) is 28.5. The quantitative estimate of drug-likeness (QED) is 0.247. The van der Waals surface area contributed by atoms with Crippen LogP contribution in [0.15, 0.2) is 96.0 Å². The molecule has 1 N–H and O–H groups in total. The van der Waals surface area contributed by atoms with E-state index < -0.39 is 41.1 Å². The summed E-state index contributed by atoms with van der Waals surface area (Å²) in [5.74, 6) is -3.72. The molecule has 0 saturated carbocycles. The molecule has 3 heterocycles. The Balaban J connectivity index is 1.59. The number of hydrogen-bond acceptors (Lipinski definition) is 8. The van der Waals surface area contributed by atoms with E-state index in [9.17, 15) is 9.59 Å². The number of nitrogens with one attached hydrogen (secondary N) is 1. The van der Waals surface area contributed by atoms with Crippen molar-refractivity contribution >= 4 is 34.8 Å². The summed E-state index contributed by atoms with van der Waals surface area (Å²) in [5.41, 5.74) is 1.07. The monoisotopic (exact) mass is 562 g/mol. The number of hydrogen-bond donors (Lipinski definition) is 1. The Bertz CT molecular complexity index is 1700. The number of carbonyl (C=O) groups excluding carboxylic acids is 2. The summed E-state index contributed by atoms with van der Waals surface area (Å²) >= 11 is 0. The summed E-state index contributed by atoms with van der Waals surface area (Å²) in [6.45, 7) is 3.62. The van der Waals surface area contributed by atoms with E-state index in [1.54, 1.807) is 13.8 Å². The van der Waals surface area contributed by atoms with Crippen LogP contribution in [-0.4, -0.2) is 37.1 Å². The number of benzene rings is 4. The maximum atomic E-state index is 14.2. The second-order valence-corrected chi connectivity index (χ2v) is 10.6. The smallest absolute Gasteiger partial charge is 0.338 e. The lowest BCUT2D eigenvalue weighted by atomic mass is 9.67. The van der Waals surface area contributed by atoms with Crippen LogP contribution in [0.25, 0.3) is 10.8 Å². The highest BCUT2D eigenvalue weighted by Crippen LogP contribution is 2.63. The Hall–Kier alpha value is -4.69. The van der Waals surface area contributed by atoms with Crippen LogP contribution < -0.4 is 10.1 Å². The molecule has 0 amide bonds. The van der Waals surface area contributed by atoms with E-state index in [4.69, 9.17) is 18.9 Å². The van der Waals surface area contributed by atoms with Crippen LogP contribution in [0.5, 0.6) is 5.75 Å². The molecular weight excluding hydrogens is 532 g/mol. The van der Waals surface area contributed by atoms with E-state index in [0.717, 1.165) is 21.9 Å². The van der Waals surface area contributed by atoms with Gasteiger partial charge in [-0.3, -0.25) is 5.32 Å². The number of nitrogens with zero attached hydrogens (tertiary/aromatic N) is 1. The lowest BCUT2D eigenvalue weighted by molar-refractivity contribution is -0.192. The summed E-state index contributed by atoms with van der Waals surface area (Å²) in [6.07, 6.45) is 1.39. The zero-order chi connectivity index (χ0) is 28.9. The molecule has 212 valence electrons. The van der Waals surface area contributed by atoms with Gasteiger partial charge in [-0.25, -0.2) is 14.6 Å². The molecule has 1 fully saturated rings. The van der Waals surface area contributed by atoms with Crippen LogP contribution in [0.1, 0.15) is 42.5 Å². The second kappa shape index (κ2) is 9.99. The van der Waals surface area contributed by atoms with Crippen LogP contribution >= 0.6 is 0 Å². The zero-order valence-corrected chi connectivity index (χ0v) is 23.3. The van der Waals surface area contributed by atoms with Crippen LogP contribution in [0.4, 0.5) is 5.69 Å². The molecule has 4 atom stereocenters. The summed E-state index contributed by atoms with van der Waals surface area (Å²) in [7, 11) is 0. The Kier molecular flexibility index (Phi) is 6.24. The molecule has 42 heavy (non-hydrogen) atoms. The Labute approximate surface area is 243 Å². The highest BCUT2D eigenvalue weighted by Gasteiger charge is 2.73. The molecule has 3 aliphatic heterocycles. The predicted octanol–water partition coefficient (Wildman–Crippen LogP) is 5.68. The number of rotatable bonds is 5. The van der Waals surface area contributed by atoms with Gasteiger partial charge < -0.3 is 18.9 Å². The SMILES string of the molecule is CCOC(=O)C1(C(=O)OCC)N[C@@H]2c3c(ccc4ccccc34)O[C@]3(OC=Nc4ccccc43)[C@@H]2[C@H]1c1ccccc1. The third kappa shape index (κ3) is 3.61. The molecule has 8 heteroatoms. The Morgan fingerprint density at radius 1 is 0.857 bits per heavy atom. The molecule has 1 saturated heterocycles. The lowest BCUT2D eigenvalue weighted by Crippen LogP contribution is -2.60. The first-order chi connectivity index (χ1) is 20.5. The molecule has 1 spiro atoms. The van der Waals surface area contributed by atoms with E-state index in [1.807, 2.05) is 91.0 Å². The summed E-state index contributed by atoms with van der Waals surface area (Å²) in [4.78, 5) is 32.9. The third-order valence-electron chi connectivity index (χ3n) is 8.56. The minimum atomic E-state index is -1.90. The zero-order valence-electron chi connectivity index (χ0n) is 23.3. The topological polar surface area (TPSA) is 95.5 Å². The van der Waals surface area contributed by atoms with Crippen LogP contribution in [0.2, 0.25) is 0 Å². The van der Waals surface area contributed by atoms with Gasteiger partial charge >= 0.3 is 11.9 Å². The van der Waals surface area contributed by atoms with Crippen LogP contribution in [0.3, 0.4) is 0 Å². The first kappa shape index (κ1) is 26.2. The minimum absolute atomic E-state index is 0.0890. The van der Waals surface area contributed by atoms with Gasteiger partial charge in [0.25, 0.3) is 5.79 Å². The van der Waals surface area contributed by atoms with E-state index in [-0.39, 0.29) is 13.2 Å². The number of para-hydroxylation sites is 1. The normalized spacial score (nSPS) is 24.6. The molecule has 0 bridgehead atoms. The first-order valence-electron chi connectivity index (χ1n) is 14.2. The fourth-order valence-corrected chi connectivity index (χ4v) is 7.00. The van der Waals surface area contributed by atoms with Crippen molar-refractivity contribution in [2.24, 2.45) is 10.9 Å². The molecule has 0 radical (unpaired) electrons. The number of fused-ring (bicyclic) bond motifs is 8. The van der Waals surface area contributed by atoms with Gasteiger partial charge in [-0.2, -0.15) is 0 Å². The van der Waals surface area contributed by atoms with Crippen molar-refractivity contribution in [2.75, 3.05) is 13.2 Å². The molecular formula is C34H30N2O6. The molecule has 0 unspecified atom stereocenters. The van der Waals surface area contributed by atoms with Crippen molar-refractivity contribution < 1.29 is 28.5 Å². The van der Waals surface area contributed by atoms with Gasteiger partial charge in [0.1, 0.15) is 5.75 Å². The first-order valence-corrected chi connectivity index (χ1v) is 14.2. The third-order valence-corrected chi connectivity index (χ3v) is 8.56. The van der Waals surface area contributed by atoms with Crippen molar-refractivity contribution in [3.8, 4) is 5.75 Å².